The highest BCUT2D eigenvalue weighted by Crippen LogP contribution is 2.22. The van der Waals surface area contributed by atoms with Gasteiger partial charge in [0.2, 0.25) is 0 Å². The van der Waals surface area contributed by atoms with Crippen LogP contribution >= 0.6 is 27.7 Å². The van der Waals surface area contributed by atoms with Crippen molar-refractivity contribution in [3.63, 3.8) is 0 Å². The maximum absolute atomic E-state index is 6.16. The summed E-state index contributed by atoms with van der Waals surface area (Å²) in [5.41, 5.74) is 8.38. The summed E-state index contributed by atoms with van der Waals surface area (Å²) in [6.07, 6.45) is 0.878. The van der Waals surface area contributed by atoms with Gasteiger partial charge in [0.05, 0.1) is 15.9 Å². The van der Waals surface area contributed by atoms with Gasteiger partial charge >= 0.3 is 0 Å². The van der Waals surface area contributed by atoms with E-state index in [1.807, 2.05) is 30.4 Å². The van der Waals surface area contributed by atoms with Crippen LogP contribution in [0.4, 0.5) is 0 Å². The molecule has 0 aliphatic heterocycles. The Morgan fingerprint density at radius 3 is 2.53 bits per heavy atom. The summed E-state index contributed by atoms with van der Waals surface area (Å²) in [4.78, 5) is 0. The number of thioether (sulfide) groups is 1. The van der Waals surface area contributed by atoms with Crippen LogP contribution < -0.4 is 5.73 Å². The van der Waals surface area contributed by atoms with Crippen LogP contribution in [-0.2, 0) is 13.5 Å². The SMILES string of the molecule is Cc1nn(C)c(CC(N)CSCC(C)C)c1Br. The van der Waals surface area contributed by atoms with Gasteiger partial charge in [0, 0.05) is 25.3 Å². The van der Waals surface area contributed by atoms with Gasteiger partial charge in [0.25, 0.3) is 0 Å². The van der Waals surface area contributed by atoms with Gasteiger partial charge in [-0.2, -0.15) is 16.9 Å². The van der Waals surface area contributed by atoms with Crippen LogP contribution in [0, 0.1) is 12.8 Å². The molecule has 1 aromatic rings. The summed E-state index contributed by atoms with van der Waals surface area (Å²) in [5.74, 6) is 2.92. The van der Waals surface area contributed by atoms with E-state index < -0.39 is 0 Å². The minimum Gasteiger partial charge on any atom is -0.327 e. The fourth-order valence-electron chi connectivity index (χ4n) is 1.66. The number of nitrogens with zero attached hydrogens (tertiary/aromatic N) is 2. The third kappa shape index (κ3) is 4.64. The van der Waals surface area contributed by atoms with Gasteiger partial charge in [-0.1, -0.05) is 13.8 Å². The summed E-state index contributed by atoms with van der Waals surface area (Å²) < 4.78 is 3.02. The van der Waals surface area contributed by atoms with Gasteiger partial charge in [0.15, 0.2) is 0 Å². The van der Waals surface area contributed by atoms with Crippen LogP contribution in [0.5, 0.6) is 0 Å². The number of hydrogen-bond donors (Lipinski definition) is 1. The lowest BCUT2D eigenvalue weighted by Crippen LogP contribution is -2.27. The second-order valence-corrected chi connectivity index (χ2v) is 6.73. The molecule has 0 fully saturated rings. The molecule has 0 saturated carbocycles. The Hall–Kier alpha value is -0.000000000000000111. The molecule has 0 bridgehead atoms. The quantitative estimate of drug-likeness (QED) is 0.876. The molecule has 1 aromatic heterocycles. The summed E-state index contributed by atoms with van der Waals surface area (Å²) in [6, 6.07) is 0.199. The second-order valence-electron chi connectivity index (χ2n) is 4.87. The molecule has 0 spiro atoms. The standard InChI is InChI=1S/C12H22BrN3S/c1-8(2)6-17-7-10(14)5-11-12(13)9(3)15-16(11)4/h8,10H,5-7,14H2,1-4H3. The van der Waals surface area contributed by atoms with Crippen LogP contribution in [0.3, 0.4) is 0 Å². The van der Waals surface area contributed by atoms with Crippen molar-refractivity contribution in [3.8, 4) is 0 Å². The highest BCUT2D eigenvalue weighted by molar-refractivity contribution is 9.10. The highest BCUT2D eigenvalue weighted by atomic mass is 79.9. The third-order valence-corrected chi connectivity index (χ3v) is 5.10. The largest absolute Gasteiger partial charge is 0.327 e. The lowest BCUT2D eigenvalue weighted by molar-refractivity contribution is 0.650. The smallest absolute Gasteiger partial charge is 0.0738 e. The van der Waals surface area contributed by atoms with Gasteiger partial charge in [-0.3, -0.25) is 4.68 Å². The number of aromatic nitrogens is 2. The zero-order valence-corrected chi connectivity index (χ0v) is 13.4. The lowest BCUT2D eigenvalue weighted by Gasteiger charge is -2.12. The molecule has 5 heteroatoms. The first-order valence-electron chi connectivity index (χ1n) is 5.93. The molecule has 0 aliphatic rings. The van der Waals surface area contributed by atoms with E-state index >= 15 is 0 Å². The molecular weight excluding hydrogens is 298 g/mol. The number of halogens is 1. The summed E-state index contributed by atoms with van der Waals surface area (Å²) in [5, 5.41) is 4.38. The molecule has 0 amide bonds. The molecule has 98 valence electrons. The van der Waals surface area contributed by atoms with Crippen molar-refractivity contribution >= 4 is 27.7 Å². The Balaban J connectivity index is 2.47. The molecule has 17 heavy (non-hydrogen) atoms. The second kappa shape index (κ2) is 6.81. The zero-order valence-electron chi connectivity index (χ0n) is 11.0. The highest BCUT2D eigenvalue weighted by Gasteiger charge is 2.14. The molecule has 0 saturated heterocycles. The summed E-state index contributed by atoms with van der Waals surface area (Å²) in [7, 11) is 1.97. The molecule has 2 N–H and O–H groups in total. The van der Waals surface area contributed by atoms with Crippen LogP contribution in [-0.4, -0.2) is 27.3 Å². The minimum absolute atomic E-state index is 0.199. The Kier molecular flexibility index (Phi) is 6.03. The van der Waals surface area contributed by atoms with Gasteiger partial charge in [0.1, 0.15) is 0 Å². The van der Waals surface area contributed by atoms with Crippen molar-refractivity contribution in [1.82, 2.24) is 9.78 Å². The van der Waals surface area contributed by atoms with Crippen molar-refractivity contribution in [1.29, 1.82) is 0 Å². The van der Waals surface area contributed by atoms with E-state index in [1.54, 1.807) is 0 Å². The minimum atomic E-state index is 0.199. The van der Waals surface area contributed by atoms with Gasteiger partial charge in [-0.05, 0) is 34.5 Å². The summed E-state index contributed by atoms with van der Waals surface area (Å²) in [6.45, 7) is 6.48. The summed E-state index contributed by atoms with van der Waals surface area (Å²) >= 11 is 5.51. The third-order valence-electron chi connectivity index (χ3n) is 2.50. The topological polar surface area (TPSA) is 43.8 Å². The average molecular weight is 320 g/mol. The van der Waals surface area contributed by atoms with Crippen molar-refractivity contribution in [2.75, 3.05) is 11.5 Å². The first kappa shape index (κ1) is 15.1. The fourth-order valence-corrected chi connectivity index (χ4v) is 3.19. The van der Waals surface area contributed by atoms with Crippen molar-refractivity contribution < 1.29 is 0 Å². The molecule has 1 atom stereocenters. The molecule has 1 unspecified atom stereocenters. The van der Waals surface area contributed by atoms with Crippen molar-refractivity contribution in [2.24, 2.45) is 18.7 Å². The number of rotatable bonds is 6. The lowest BCUT2D eigenvalue weighted by atomic mass is 10.2. The number of nitrogens with two attached hydrogens (primary N) is 1. The first-order chi connectivity index (χ1) is 7.91. The molecule has 3 nitrogen and oxygen atoms in total. The fraction of sp³-hybridized carbons (Fsp3) is 0.750. The molecule has 1 rings (SSSR count). The van der Waals surface area contributed by atoms with Crippen LogP contribution in [0.15, 0.2) is 4.47 Å². The molecule has 0 radical (unpaired) electrons. The normalized spacial score (nSPS) is 13.4. The number of aryl methyl sites for hydroxylation is 2. The van der Waals surface area contributed by atoms with Crippen LogP contribution in [0.2, 0.25) is 0 Å². The van der Waals surface area contributed by atoms with E-state index in [0.717, 1.165) is 28.3 Å². The maximum Gasteiger partial charge on any atom is 0.0738 e. The van der Waals surface area contributed by atoms with Gasteiger partial charge in [-0.15, -0.1) is 0 Å². The Bertz CT molecular complexity index is 363. The maximum atomic E-state index is 6.16. The Morgan fingerprint density at radius 1 is 1.41 bits per heavy atom. The molecular formula is C12H22BrN3S. The van der Waals surface area contributed by atoms with E-state index in [4.69, 9.17) is 5.73 Å². The Labute approximate surface area is 117 Å². The van der Waals surface area contributed by atoms with E-state index in [0.29, 0.717) is 0 Å². The van der Waals surface area contributed by atoms with Crippen molar-refractivity contribution in [3.05, 3.63) is 15.9 Å². The molecule has 0 aromatic carbocycles. The van der Waals surface area contributed by atoms with E-state index in [9.17, 15) is 0 Å². The van der Waals surface area contributed by atoms with Gasteiger partial charge in [-0.25, -0.2) is 0 Å². The van der Waals surface area contributed by atoms with Crippen LogP contribution in [0.1, 0.15) is 25.2 Å². The van der Waals surface area contributed by atoms with E-state index in [-0.39, 0.29) is 6.04 Å². The Morgan fingerprint density at radius 2 is 2.06 bits per heavy atom. The molecule has 1 heterocycles. The predicted octanol–water partition coefficient (Wildman–Crippen LogP) is 2.75. The van der Waals surface area contributed by atoms with Crippen LogP contribution in [0.25, 0.3) is 0 Å². The van der Waals surface area contributed by atoms with E-state index in [2.05, 4.69) is 34.9 Å². The van der Waals surface area contributed by atoms with Crippen molar-refractivity contribution in [2.45, 2.75) is 33.2 Å². The monoisotopic (exact) mass is 319 g/mol. The van der Waals surface area contributed by atoms with E-state index in [1.165, 1.54) is 11.4 Å². The predicted molar refractivity (Wildman–Crippen MR) is 79.5 cm³/mol. The first-order valence-corrected chi connectivity index (χ1v) is 7.87. The zero-order chi connectivity index (χ0) is 13.0. The average Bonchev–Trinajstić information content (AvgIpc) is 2.44. The molecule has 0 aliphatic carbocycles. The van der Waals surface area contributed by atoms with Gasteiger partial charge < -0.3 is 5.73 Å². The number of hydrogen-bond acceptors (Lipinski definition) is 3.